The summed E-state index contributed by atoms with van der Waals surface area (Å²) in [4.78, 5) is 15.4. The van der Waals surface area contributed by atoms with Gasteiger partial charge in [0.15, 0.2) is 5.65 Å². The van der Waals surface area contributed by atoms with Crippen molar-refractivity contribution < 1.29 is 4.74 Å². The molecule has 1 N–H and O–H groups in total. The summed E-state index contributed by atoms with van der Waals surface area (Å²) < 4.78 is 7.51. The molecule has 0 spiro atoms. The number of hydrogen-bond acceptors (Lipinski definition) is 7. The highest BCUT2D eigenvalue weighted by Crippen LogP contribution is 2.24. The molecule has 0 radical (unpaired) electrons. The Hall–Kier alpha value is -2.74. The Kier molecular flexibility index (Phi) is 3.96. The molecule has 0 aliphatic carbocycles. The summed E-state index contributed by atoms with van der Waals surface area (Å²) in [6.07, 6.45) is 5.54. The van der Waals surface area contributed by atoms with Crippen LogP contribution in [-0.4, -0.2) is 50.0 Å². The van der Waals surface area contributed by atoms with Gasteiger partial charge < -0.3 is 15.0 Å². The fourth-order valence-corrected chi connectivity index (χ4v) is 3.21. The van der Waals surface area contributed by atoms with Crippen LogP contribution in [0.1, 0.15) is 13.8 Å². The van der Waals surface area contributed by atoms with Gasteiger partial charge >= 0.3 is 0 Å². The van der Waals surface area contributed by atoms with Gasteiger partial charge in [0.2, 0.25) is 0 Å². The monoisotopic (exact) mass is 339 g/mol. The zero-order valence-corrected chi connectivity index (χ0v) is 14.5. The van der Waals surface area contributed by atoms with Crippen LogP contribution < -0.4 is 10.2 Å². The molecule has 2 atom stereocenters. The van der Waals surface area contributed by atoms with Gasteiger partial charge in [0, 0.05) is 20.1 Å². The van der Waals surface area contributed by atoms with E-state index >= 15 is 0 Å². The van der Waals surface area contributed by atoms with Crippen molar-refractivity contribution in [2.75, 3.05) is 23.3 Å². The second-order valence-electron chi connectivity index (χ2n) is 6.42. The summed E-state index contributed by atoms with van der Waals surface area (Å²) in [5.41, 5.74) is 1.67. The first kappa shape index (κ1) is 15.8. The zero-order valence-electron chi connectivity index (χ0n) is 14.5. The van der Waals surface area contributed by atoms with Gasteiger partial charge in [-0.25, -0.2) is 15.0 Å². The molecule has 1 aliphatic rings. The number of anilines is 3. The van der Waals surface area contributed by atoms with Crippen LogP contribution in [0, 0.1) is 0 Å². The molecule has 4 rings (SSSR count). The Morgan fingerprint density at radius 2 is 1.88 bits per heavy atom. The largest absolute Gasteiger partial charge is 0.372 e. The topological polar surface area (TPSA) is 81.0 Å². The van der Waals surface area contributed by atoms with Crippen molar-refractivity contribution in [1.29, 1.82) is 0 Å². The highest BCUT2D eigenvalue weighted by molar-refractivity contribution is 5.88. The van der Waals surface area contributed by atoms with E-state index in [1.165, 1.54) is 6.33 Å². The van der Waals surface area contributed by atoms with Crippen LogP contribution in [0.15, 0.2) is 30.9 Å². The quantitative estimate of drug-likeness (QED) is 0.783. The molecule has 8 heteroatoms. The van der Waals surface area contributed by atoms with E-state index in [1.807, 2.05) is 25.4 Å². The van der Waals surface area contributed by atoms with Gasteiger partial charge in [0.1, 0.15) is 18.0 Å². The molecular formula is C17H21N7O. The lowest BCUT2D eigenvalue weighted by Gasteiger charge is -2.36. The molecule has 8 nitrogen and oxygen atoms in total. The molecule has 1 aliphatic heterocycles. The van der Waals surface area contributed by atoms with E-state index < -0.39 is 0 Å². The average Bonchev–Trinajstić information content (AvgIpc) is 2.97. The SMILES string of the molecule is C[C@H]1CN(c2ccc(Nc3ncnc4c3cnn4C)cn2)C[C@H](C)O1. The lowest BCUT2D eigenvalue weighted by atomic mass is 10.2. The molecule has 3 aromatic heterocycles. The van der Waals surface area contributed by atoms with Crippen molar-refractivity contribution >= 4 is 28.4 Å². The first-order valence-corrected chi connectivity index (χ1v) is 8.36. The van der Waals surface area contributed by atoms with E-state index in [1.54, 1.807) is 10.9 Å². The predicted molar refractivity (Wildman–Crippen MR) is 96.0 cm³/mol. The Labute approximate surface area is 145 Å². The average molecular weight is 339 g/mol. The standard InChI is InChI=1S/C17H21N7O/c1-11-8-24(9-12(2)25-11)15-5-4-13(6-18-15)22-16-14-7-21-23(3)17(14)20-10-19-16/h4-7,10-12H,8-9H2,1-3H3,(H,19,20,22)/t11-,12-/m0/s1. The van der Waals surface area contributed by atoms with Crippen LogP contribution in [0.4, 0.5) is 17.3 Å². The molecule has 130 valence electrons. The lowest BCUT2D eigenvalue weighted by molar-refractivity contribution is -0.00545. The second-order valence-corrected chi connectivity index (χ2v) is 6.42. The van der Waals surface area contributed by atoms with Gasteiger partial charge in [0.05, 0.1) is 35.7 Å². The van der Waals surface area contributed by atoms with E-state index in [9.17, 15) is 0 Å². The molecule has 0 bridgehead atoms. The number of aryl methyl sites for hydroxylation is 1. The highest BCUT2D eigenvalue weighted by atomic mass is 16.5. The third kappa shape index (κ3) is 3.12. The molecule has 0 unspecified atom stereocenters. The van der Waals surface area contributed by atoms with Crippen molar-refractivity contribution in [2.24, 2.45) is 7.05 Å². The Bertz CT molecular complexity index is 866. The summed E-state index contributed by atoms with van der Waals surface area (Å²) in [7, 11) is 1.86. The first-order valence-electron chi connectivity index (χ1n) is 8.36. The van der Waals surface area contributed by atoms with E-state index in [4.69, 9.17) is 4.74 Å². The number of aromatic nitrogens is 5. The van der Waals surface area contributed by atoms with Gasteiger partial charge in [-0.1, -0.05) is 0 Å². The van der Waals surface area contributed by atoms with Gasteiger partial charge in [0.25, 0.3) is 0 Å². The zero-order chi connectivity index (χ0) is 17.4. The molecule has 1 saturated heterocycles. The van der Waals surface area contributed by atoms with Gasteiger partial charge in [-0.2, -0.15) is 5.10 Å². The molecule has 0 aromatic carbocycles. The van der Waals surface area contributed by atoms with Crippen molar-refractivity contribution in [3.63, 3.8) is 0 Å². The van der Waals surface area contributed by atoms with E-state index in [0.29, 0.717) is 0 Å². The van der Waals surface area contributed by atoms with Crippen molar-refractivity contribution in [2.45, 2.75) is 26.1 Å². The molecule has 4 heterocycles. The fourth-order valence-electron chi connectivity index (χ4n) is 3.21. The van der Waals surface area contributed by atoms with Crippen molar-refractivity contribution in [1.82, 2.24) is 24.7 Å². The van der Waals surface area contributed by atoms with Gasteiger partial charge in [-0.05, 0) is 26.0 Å². The van der Waals surface area contributed by atoms with Crippen LogP contribution in [0.3, 0.4) is 0 Å². The van der Waals surface area contributed by atoms with E-state index in [-0.39, 0.29) is 12.2 Å². The van der Waals surface area contributed by atoms with Crippen LogP contribution in [0.5, 0.6) is 0 Å². The van der Waals surface area contributed by atoms with E-state index in [0.717, 1.165) is 41.4 Å². The summed E-state index contributed by atoms with van der Waals surface area (Å²) in [6, 6.07) is 4.03. The van der Waals surface area contributed by atoms with E-state index in [2.05, 4.69) is 44.1 Å². The minimum absolute atomic E-state index is 0.211. The molecule has 25 heavy (non-hydrogen) atoms. The van der Waals surface area contributed by atoms with Crippen LogP contribution >= 0.6 is 0 Å². The minimum atomic E-state index is 0.211. The summed E-state index contributed by atoms with van der Waals surface area (Å²) in [5.74, 6) is 1.68. The molecule has 3 aromatic rings. The highest BCUT2D eigenvalue weighted by Gasteiger charge is 2.23. The minimum Gasteiger partial charge on any atom is -0.372 e. The number of fused-ring (bicyclic) bond motifs is 1. The maximum absolute atomic E-state index is 5.78. The second kappa shape index (κ2) is 6.29. The number of rotatable bonds is 3. The molecule has 0 saturated carbocycles. The van der Waals surface area contributed by atoms with Crippen molar-refractivity contribution in [3.8, 4) is 0 Å². The first-order chi connectivity index (χ1) is 12.1. The number of nitrogens with zero attached hydrogens (tertiary/aromatic N) is 6. The number of hydrogen-bond donors (Lipinski definition) is 1. The number of nitrogens with one attached hydrogen (secondary N) is 1. The Morgan fingerprint density at radius 3 is 2.60 bits per heavy atom. The number of pyridine rings is 1. The maximum Gasteiger partial charge on any atom is 0.163 e. The maximum atomic E-state index is 5.78. The van der Waals surface area contributed by atoms with Crippen LogP contribution in [-0.2, 0) is 11.8 Å². The Balaban J connectivity index is 1.54. The smallest absolute Gasteiger partial charge is 0.163 e. The summed E-state index contributed by atoms with van der Waals surface area (Å²) in [6.45, 7) is 5.89. The molecular weight excluding hydrogens is 318 g/mol. The summed E-state index contributed by atoms with van der Waals surface area (Å²) >= 11 is 0. The predicted octanol–water partition coefficient (Wildman–Crippen LogP) is 2.12. The van der Waals surface area contributed by atoms with Gasteiger partial charge in [-0.15, -0.1) is 0 Å². The van der Waals surface area contributed by atoms with Gasteiger partial charge in [-0.3, -0.25) is 4.68 Å². The molecule has 0 amide bonds. The third-order valence-corrected chi connectivity index (χ3v) is 4.28. The van der Waals surface area contributed by atoms with Crippen LogP contribution in [0.2, 0.25) is 0 Å². The normalized spacial score (nSPS) is 20.8. The van der Waals surface area contributed by atoms with Crippen LogP contribution in [0.25, 0.3) is 11.0 Å². The summed E-state index contributed by atoms with van der Waals surface area (Å²) in [5, 5.41) is 8.40. The third-order valence-electron chi connectivity index (χ3n) is 4.28. The lowest BCUT2D eigenvalue weighted by Crippen LogP contribution is -2.45. The number of morpholine rings is 1. The molecule has 1 fully saturated rings. The Morgan fingerprint density at radius 1 is 1.08 bits per heavy atom. The number of ether oxygens (including phenoxy) is 1. The van der Waals surface area contributed by atoms with Crippen molar-refractivity contribution in [3.05, 3.63) is 30.9 Å². The fraction of sp³-hybridized carbons (Fsp3) is 0.412.